The highest BCUT2D eigenvalue weighted by Gasteiger charge is 2.30. The predicted molar refractivity (Wildman–Crippen MR) is 195 cm³/mol. The van der Waals surface area contributed by atoms with Crippen molar-refractivity contribution in [3.05, 3.63) is 136 Å². The van der Waals surface area contributed by atoms with Crippen molar-refractivity contribution in [1.82, 2.24) is 9.63 Å². The molecule has 5 aromatic rings. The Morgan fingerprint density at radius 3 is 2.25 bits per heavy atom. The second-order valence-corrected chi connectivity index (χ2v) is 14.2. The van der Waals surface area contributed by atoms with E-state index in [9.17, 15) is 31.5 Å². The third-order valence-electron chi connectivity index (χ3n) is 9.59. The molecule has 0 N–H and O–H groups in total. The average molecular weight is 751 g/mol. The van der Waals surface area contributed by atoms with Gasteiger partial charge < -0.3 is 9.30 Å². The minimum atomic E-state index is -4.43. The molecule has 1 aliphatic rings. The number of carbonyl (C=O) groups is 1. The Morgan fingerprint density at radius 2 is 1.57 bits per heavy atom. The zero-order valence-corrected chi connectivity index (χ0v) is 29.9. The van der Waals surface area contributed by atoms with Crippen LogP contribution in [-0.4, -0.2) is 35.4 Å². The maximum atomic E-state index is 14.6. The van der Waals surface area contributed by atoms with E-state index in [1.165, 1.54) is 35.4 Å². The number of nitrogens with zero attached hydrogens (tertiary/aromatic N) is 2. The quantitative estimate of drug-likeness (QED) is 0.0682. The van der Waals surface area contributed by atoms with Crippen LogP contribution in [0.3, 0.4) is 0 Å². The molecule has 0 saturated heterocycles. The maximum Gasteiger partial charge on any atom is 0.416 e. The second-order valence-electron chi connectivity index (χ2n) is 13.2. The maximum absolute atomic E-state index is 14.6. The molecule has 1 saturated carbocycles. The zero-order chi connectivity index (χ0) is 37.5. The summed E-state index contributed by atoms with van der Waals surface area (Å²) in [5.74, 6) is -1.79. The van der Waals surface area contributed by atoms with Crippen LogP contribution in [0.4, 0.5) is 22.0 Å². The molecule has 1 heterocycles. The molecule has 1 fully saturated rings. The van der Waals surface area contributed by atoms with Gasteiger partial charge in [0.1, 0.15) is 6.54 Å². The van der Waals surface area contributed by atoms with E-state index in [1.54, 1.807) is 48.1 Å². The van der Waals surface area contributed by atoms with Crippen LogP contribution in [0.5, 0.6) is 0 Å². The van der Waals surface area contributed by atoms with E-state index in [0.29, 0.717) is 39.6 Å². The molecule has 0 radical (unpaired) electrons. The number of amides is 1. The van der Waals surface area contributed by atoms with Crippen LogP contribution in [0.15, 0.2) is 107 Å². The van der Waals surface area contributed by atoms with Crippen LogP contribution in [0.25, 0.3) is 22.0 Å². The number of aromatic nitrogens is 1. The van der Waals surface area contributed by atoms with Crippen LogP contribution in [-0.2, 0) is 39.4 Å². The number of rotatable bonds is 13. The third kappa shape index (κ3) is 9.54. The highest BCUT2D eigenvalue weighted by atomic mass is 32.2. The van der Waals surface area contributed by atoms with Gasteiger partial charge in [-0.3, -0.25) is 14.4 Å². The van der Waals surface area contributed by atoms with Gasteiger partial charge in [-0.15, -0.1) is 11.8 Å². The summed E-state index contributed by atoms with van der Waals surface area (Å²) >= 11 is 1.13. The van der Waals surface area contributed by atoms with E-state index < -0.39 is 23.4 Å². The summed E-state index contributed by atoms with van der Waals surface area (Å²) in [6.07, 6.45) is -0.310. The SMILES string of the molecule is COCCC1CCC(ON(Cc2ccc(-c3ccc(C(F)(F)F)cc3)cc2)C(=O)Cn2c(SCc3cccc(F)c3F)cc(=O)c3ccccc32)CC1. The van der Waals surface area contributed by atoms with Crippen molar-refractivity contribution in [2.45, 2.75) is 68.3 Å². The van der Waals surface area contributed by atoms with Crippen LogP contribution in [0.1, 0.15) is 48.8 Å². The summed E-state index contributed by atoms with van der Waals surface area (Å²) in [6.45, 7) is 0.565. The zero-order valence-electron chi connectivity index (χ0n) is 29.1. The van der Waals surface area contributed by atoms with Crippen LogP contribution in [0.2, 0.25) is 0 Å². The van der Waals surface area contributed by atoms with Crippen molar-refractivity contribution in [2.24, 2.45) is 5.92 Å². The number of hydrogen-bond acceptors (Lipinski definition) is 5. The number of methoxy groups -OCH3 is 1. The highest BCUT2D eigenvalue weighted by Crippen LogP contribution is 2.33. The molecular weight excluding hydrogens is 712 g/mol. The number of benzene rings is 4. The van der Waals surface area contributed by atoms with E-state index >= 15 is 0 Å². The fourth-order valence-electron chi connectivity index (χ4n) is 6.61. The minimum absolute atomic E-state index is 0.0212. The number of halogens is 5. The molecule has 0 bridgehead atoms. The minimum Gasteiger partial charge on any atom is -0.385 e. The number of alkyl halides is 3. The summed E-state index contributed by atoms with van der Waals surface area (Å²) < 4.78 is 74.8. The predicted octanol–water partition coefficient (Wildman–Crippen LogP) is 9.81. The van der Waals surface area contributed by atoms with Gasteiger partial charge in [0.15, 0.2) is 17.1 Å². The molecule has 12 heteroatoms. The molecular formula is C41H39F5N2O4S. The van der Waals surface area contributed by atoms with Crippen molar-refractivity contribution in [2.75, 3.05) is 13.7 Å². The molecule has 4 aromatic carbocycles. The number of carbonyl (C=O) groups excluding carboxylic acids is 1. The number of hydroxylamine groups is 2. The fourth-order valence-corrected chi connectivity index (χ4v) is 7.64. The van der Waals surface area contributed by atoms with Gasteiger partial charge in [0.2, 0.25) is 0 Å². The first kappa shape index (κ1) is 38.2. The van der Waals surface area contributed by atoms with Crippen molar-refractivity contribution in [3.63, 3.8) is 0 Å². The Morgan fingerprint density at radius 1 is 0.887 bits per heavy atom. The molecule has 0 spiro atoms. The van der Waals surface area contributed by atoms with Crippen molar-refractivity contribution >= 4 is 28.6 Å². The normalized spacial score (nSPS) is 16.2. The van der Waals surface area contributed by atoms with Crippen LogP contribution >= 0.6 is 11.8 Å². The van der Waals surface area contributed by atoms with E-state index in [1.807, 2.05) is 12.1 Å². The van der Waals surface area contributed by atoms with Gasteiger partial charge >= 0.3 is 6.18 Å². The number of thioether (sulfide) groups is 1. The molecule has 1 aliphatic carbocycles. The number of pyridine rings is 1. The monoisotopic (exact) mass is 750 g/mol. The first-order valence-corrected chi connectivity index (χ1v) is 18.4. The van der Waals surface area contributed by atoms with E-state index in [4.69, 9.17) is 9.57 Å². The number of fused-ring (bicyclic) bond motifs is 1. The van der Waals surface area contributed by atoms with Crippen LogP contribution in [0, 0.1) is 17.6 Å². The average Bonchev–Trinajstić information content (AvgIpc) is 3.16. The van der Waals surface area contributed by atoms with Gasteiger partial charge in [0, 0.05) is 36.5 Å². The van der Waals surface area contributed by atoms with Crippen molar-refractivity contribution < 1.29 is 36.3 Å². The molecule has 6 nitrogen and oxygen atoms in total. The van der Waals surface area contributed by atoms with Gasteiger partial charge in [-0.05, 0) is 85.0 Å². The molecule has 53 heavy (non-hydrogen) atoms. The lowest BCUT2D eigenvalue weighted by Crippen LogP contribution is -2.38. The van der Waals surface area contributed by atoms with Gasteiger partial charge in [-0.25, -0.2) is 13.8 Å². The Labute approximate surface area is 308 Å². The largest absolute Gasteiger partial charge is 0.416 e. The lowest BCUT2D eigenvalue weighted by atomic mass is 9.85. The van der Waals surface area contributed by atoms with E-state index in [2.05, 4.69) is 0 Å². The van der Waals surface area contributed by atoms with Crippen molar-refractivity contribution in [1.29, 1.82) is 0 Å². The third-order valence-corrected chi connectivity index (χ3v) is 10.7. The standard InChI is InChI=1S/C41H39F5N2O4S/c1-51-22-21-27-11-19-33(20-12-27)52-48(24-28-9-13-29(14-10-28)30-15-17-32(18-16-30)41(44,45)46)38(50)25-47-36-8-3-2-6-34(36)37(49)23-39(47)53-26-31-5-4-7-35(42)40(31)43/h2-10,13-18,23,27,33H,11-12,19-22,24-26H2,1H3. The Bertz CT molecular complexity index is 2080. The lowest BCUT2D eigenvalue weighted by molar-refractivity contribution is -0.217. The Balaban J connectivity index is 1.26. The molecule has 0 unspecified atom stereocenters. The number of ether oxygens (including phenoxy) is 1. The molecule has 0 aliphatic heterocycles. The van der Waals surface area contributed by atoms with E-state index in [-0.39, 0.29) is 41.8 Å². The first-order chi connectivity index (χ1) is 25.5. The van der Waals surface area contributed by atoms with Gasteiger partial charge in [-0.2, -0.15) is 13.2 Å². The summed E-state index contributed by atoms with van der Waals surface area (Å²) in [7, 11) is 1.68. The number of para-hydroxylation sites is 1. The fraction of sp³-hybridized carbons (Fsp3) is 0.317. The Hall–Kier alpha value is -4.52. The highest BCUT2D eigenvalue weighted by molar-refractivity contribution is 7.98. The van der Waals surface area contributed by atoms with Gasteiger partial charge in [-0.1, -0.05) is 60.7 Å². The Kier molecular flexibility index (Phi) is 12.3. The molecule has 6 rings (SSSR count). The molecule has 1 amide bonds. The van der Waals surface area contributed by atoms with Gasteiger partial charge in [0.05, 0.1) is 28.8 Å². The number of hydrogen-bond donors (Lipinski definition) is 0. The molecule has 0 atom stereocenters. The summed E-state index contributed by atoms with van der Waals surface area (Å²) in [4.78, 5) is 33.9. The topological polar surface area (TPSA) is 60.8 Å². The van der Waals surface area contributed by atoms with Crippen LogP contribution < -0.4 is 5.43 Å². The smallest absolute Gasteiger partial charge is 0.385 e. The molecule has 278 valence electrons. The lowest BCUT2D eigenvalue weighted by Gasteiger charge is -2.33. The van der Waals surface area contributed by atoms with Gasteiger partial charge in [0.25, 0.3) is 5.91 Å². The summed E-state index contributed by atoms with van der Waals surface area (Å²) in [5.41, 5.74) is 1.71. The molecule has 1 aromatic heterocycles. The summed E-state index contributed by atoms with van der Waals surface area (Å²) in [5, 5.41) is 2.16. The second kappa shape index (κ2) is 17.1. The van der Waals surface area contributed by atoms with Crippen molar-refractivity contribution in [3.8, 4) is 11.1 Å². The summed E-state index contributed by atoms with van der Waals surface area (Å²) in [6, 6.07) is 24.4. The van der Waals surface area contributed by atoms with E-state index in [0.717, 1.165) is 67.6 Å². The first-order valence-electron chi connectivity index (χ1n) is 17.4.